The number of amides is 1. The second-order valence-electron chi connectivity index (χ2n) is 3.64. The first-order valence-electron chi connectivity index (χ1n) is 5.44. The van der Waals surface area contributed by atoms with Gasteiger partial charge in [-0.1, -0.05) is 18.9 Å². The minimum atomic E-state index is -0.969. The summed E-state index contributed by atoms with van der Waals surface area (Å²) < 4.78 is 0. The predicted molar refractivity (Wildman–Crippen MR) is 61.9 cm³/mol. The highest BCUT2D eigenvalue weighted by molar-refractivity contribution is 5.75. The second kappa shape index (κ2) is 8.91. The predicted octanol–water partition coefficient (Wildman–Crippen LogP) is 0.651. The van der Waals surface area contributed by atoms with Crippen LogP contribution in [0.3, 0.4) is 0 Å². The maximum absolute atomic E-state index is 11.1. The summed E-state index contributed by atoms with van der Waals surface area (Å²) in [7, 11) is 0. The molecule has 1 atom stereocenters. The first-order chi connectivity index (χ1) is 7.57. The molecule has 0 aromatic rings. The van der Waals surface area contributed by atoms with Gasteiger partial charge in [-0.3, -0.25) is 9.59 Å². The van der Waals surface area contributed by atoms with Crippen LogP contribution in [0.15, 0.2) is 12.7 Å². The zero-order valence-corrected chi connectivity index (χ0v) is 9.45. The van der Waals surface area contributed by atoms with Gasteiger partial charge in [-0.2, -0.15) is 0 Å². The molecule has 16 heavy (non-hydrogen) atoms. The topological polar surface area (TPSA) is 92.4 Å². The van der Waals surface area contributed by atoms with Crippen LogP contribution in [-0.2, 0) is 9.59 Å². The molecule has 0 aromatic carbocycles. The lowest BCUT2D eigenvalue weighted by Crippen LogP contribution is -2.29. The normalized spacial score (nSPS) is 11.8. The number of carboxylic acids is 1. The summed E-state index contributed by atoms with van der Waals surface area (Å²) in [6.45, 7) is 3.98. The van der Waals surface area contributed by atoms with E-state index in [-0.39, 0.29) is 5.91 Å². The Morgan fingerprint density at radius 3 is 2.62 bits per heavy atom. The van der Waals surface area contributed by atoms with E-state index in [0.717, 1.165) is 19.3 Å². The number of hydrogen-bond acceptors (Lipinski definition) is 3. The molecule has 0 saturated carbocycles. The van der Waals surface area contributed by atoms with Gasteiger partial charge in [-0.25, -0.2) is 0 Å². The van der Waals surface area contributed by atoms with Gasteiger partial charge in [0.05, 0.1) is 0 Å². The Hall–Kier alpha value is -1.36. The van der Waals surface area contributed by atoms with Crippen LogP contribution in [0.5, 0.6) is 0 Å². The van der Waals surface area contributed by atoms with E-state index in [9.17, 15) is 9.59 Å². The fourth-order valence-electron chi connectivity index (χ4n) is 1.22. The lowest BCUT2D eigenvalue weighted by atomic mass is 10.1. The maximum Gasteiger partial charge on any atom is 0.320 e. The van der Waals surface area contributed by atoms with Crippen molar-refractivity contribution >= 4 is 11.9 Å². The summed E-state index contributed by atoms with van der Waals surface area (Å²) in [6, 6.07) is -0.783. The summed E-state index contributed by atoms with van der Waals surface area (Å²) in [4.78, 5) is 21.5. The van der Waals surface area contributed by atoms with E-state index in [1.165, 1.54) is 0 Å². The summed E-state index contributed by atoms with van der Waals surface area (Å²) in [5, 5.41) is 11.2. The van der Waals surface area contributed by atoms with E-state index in [0.29, 0.717) is 19.4 Å². The van der Waals surface area contributed by atoms with Crippen molar-refractivity contribution in [3.63, 3.8) is 0 Å². The zero-order valence-electron chi connectivity index (χ0n) is 9.45. The van der Waals surface area contributed by atoms with Crippen molar-refractivity contribution in [2.24, 2.45) is 5.73 Å². The van der Waals surface area contributed by atoms with Crippen molar-refractivity contribution in [3.8, 4) is 0 Å². The molecule has 5 heteroatoms. The van der Waals surface area contributed by atoms with Crippen LogP contribution >= 0.6 is 0 Å². The third kappa shape index (κ3) is 7.99. The molecule has 4 N–H and O–H groups in total. The highest BCUT2D eigenvalue weighted by atomic mass is 16.4. The van der Waals surface area contributed by atoms with Crippen molar-refractivity contribution in [1.82, 2.24) is 5.32 Å². The monoisotopic (exact) mass is 228 g/mol. The Labute approximate surface area is 95.7 Å². The molecule has 0 aromatic heterocycles. The van der Waals surface area contributed by atoms with E-state index < -0.39 is 12.0 Å². The first-order valence-corrected chi connectivity index (χ1v) is 5.44. The third-order valence-electron chi connectivity index (χ3n) is 2.18. The molecule has 1 amide bonds. The molecule has 0 aliphatic heterocycles. The Kier molecular flexibility index (Phi) is 8.15. The van der Waals surface area contributed by atoms with Gasteiger partial charge in [0.2, 0.25) is 5.91 Å². The van der Waals surface area contributed by atoms with E-state index in [2.05, 4.69) is 11.9 Å². The smallest absolute Gasteiger partial charge is 0.320 e. The SMILES string of the molecule is C=CCNC(=O)CCCCCC(N)C(=O)O. The van der Waals surface area contributed by atoms with Gasteiger partial charge in [0.1, 0.15) is 6.04 Å². The van der Waals surface area contributed by atoms with Crippen LogP contribution in [0.25, 0.3) is 0 Å². The number of nitrogens with one attached hydrogen (secondary N) is 1. The minimum absolute atomic E-state index is 0.00225. The molecule has 0 rings (SSSR count). The van der Waals surface area contributed by atoms with E-state index in [1.807, 2.05) is 0 Å². The Morgan fingerprint density at radius 1 is 1.38 bits per heavy atom. The number of carbonyl (C=O) groups excluding carboxylic acids is 1. The van der Waals surface area contributed by atoms with Gasteiger partial charge >= 0.3 is 5.97 Å². The van der Waals surface area contributed by atoms with Gasteiger partial charge in [0.25, 0.3) is 0 Å². The van der Waals surface area contributed by atoms with Crippen LogP contribution in [0.4, 0.5) is 0 Å². The van der Waals surface area contributed by atoms with E-state index in [4.69, 9.17) is 10.8 Å². The minimum Gasteiger partial charge on any atom is -0.480 e. The number of rotatable bonds is 9. The van der Waals surface area contributed by atoms with Crippen LogP contribution < -0.4 is 11.1 Å². The van der Waals surface area contributed by atoms with Crippen molar-refractivity contribution in [1.29, 1.82) is 0 Å². The molecule has 1 unspecified atom stereocenters. The number of unbranched alkanes of at least 4 members (excludes halogenated alkanes) is 2. The molecule has 5 nitrogen and oxygen atoms in total. The maximum atomic E-state index is 11.1. The quantitative estimate of drug-likeness (QED) is 0.399. The largest absolute Gasteiger partial charge is 0.480 e. The van der Waals surface area contributed by atoms with Crippen molar-refractivity contribution in [2.75, 3.05) is 6.54 Å². The second-order valence-corrected chi connectivity index (χ2v) is 3.64. The molecule has 0 saturated heterocycles. The zero-order chi connectivity index (χ0) is 12.4. The molecule has 0 aliphatic carbocycles. The number of carboxylic acid groups (broad SMARTS) is 1. The fourth-order valence-corrected chi connectivity index (χ4v) is 1.22. The van der Waals surface area contributed by atoms with Crippen molar-refractivity contribution in [2.45, 2.75) is 38.1 Å². The van der Waals surface area contributed by atoms with Crippen LogP contribution in [0.2, 0.25) is 0 Å². The Bertz CT molecular complexity index is 241. The average molecular weight is 228 g/mol. The summed E-state index contributed by atoms with van der Waals surface area (Å²) in [5.41, 5.74) is 5.33. The van der Waals surface area contributed by atoms with Crippen LogP contribution in [0, 0.1) is 0 Å². The van der Waals surface area contributed by atoms with Crippen LogP contribution in [0.1, 0.15) is 32.1 Å². The number of hydrogen-bond donors (Lipinski definition) is 3. The summed E-state index contributed by atoms with van der Waals surface area (Å²) in [5.74, 6) is -0.967. The van der Waals surface area contributed by atoms with Gasteiger partial charge in [0.15, 0.2) is 0 Å². The summed E-state index contributed by atoms with van der Waals surface area (Å²) in [6.07, 6.45) is 4.88. The van der Waals surface area contributed by atoms with Crippen molar-refractivity contribution < 1.29 is 14.7 Å². The van der Waals surface area contributed by atoms with Gasteiger partial charge in [-0.15, -0.1) is 6.58 Å². The third-order valence-corrected chi connectivity index (χ3v) is 2.18. The molecular weight excluding hydrogens is 208 g/mol. The fraction of sp³-hybridized carbons (Fsp3) is 0.636. The molecule has 0 fully saturated rings. The molecule has 0 bridgehead atoms. The average Bonchev–Trinajstić information content (AvgIpc) is 2.25. The lowest BCUT2D eigenvalue weighted by molar-refractivity contribution is -0.138. The van der Waals surface area contributed by atoms with Gasteiger partial charge in [0, 0.05) is 13.0 Å². The number of aliphatic carboxylic acids is 1. The Morgan fingerprint density at radius 2 is 2.06 bits per heavy atom. The standard InChI is InChI=1S/C11H20N2O3/c1-2-8-13-10(14)7-5-3-4-6-9(12)11(15)16/h2,9H,1,3-8,12H2,(H,13,14)(H,15,16). The highest BCUT2D eigenvalue weighted by Gasteiger charge is 2.10. The van der Waals surface area contributed by atoms with Crippen molar-refractivity contribution in [3.05, 3.63) is 12.7 Å². The van der Waals surface area contributed by atoms with Crippen LogP contribution in [-0.4, -0.2) is 29.6 Å². The molecule has 0 aliphatic rings. The van der Waals surface area contributed by atoms with E-state index >= 15 is 0 Å². The molecule has 92 valence electrons. The lowest BCUT2D eigenvalue weighted by Gasteiger charge is -2.05. The number of carbonyl (C=O) groups is 2. The molecular formula is C11H20N2O3. The first kappa shape index (κ1) is 14.6. The molecule has 0 radical (unpaired) electrons. The number of nitrogens with two attached hydrogens (primary N) is 1. The summed E-state index contributed by atoms with van der Waals surface area (Å²) >= 11 is 0. The Balaban J connectivity index is 3.36. The van der Waals surface area contributed by atoms with E-state index in [1.54, 1.807) is 6.08 Å². The molecule has 0 heterocycles. The highest BCUT2D eigenvalue weighted by Crippen LogP contribution is 2.04. The van der Waals surface area contributed by atoms with Gasteiger partial charge < -0.3 is 16.2 Å². The van der Waals surface area contributed by atoms with Gasteiger partial charge in [-0.05, 0) is 12.8 Å². The molecule has 0 spiro atoms.